The Morgan fingerprint density at radius 2 is 2.20 bits per heavy atom. The topological polar surface area (TPSA) is 67.6 Å². The number of hydrogen-bond acceptors (Lipinski definition) is 4. The summed E-state index contributed by atoms with van der Waals surface area (Å²) in [5, 5.41) is 12.8. The first-order chi connectivity index (χ1) is 9.56. The number of aromatic nitrogens is 2. The molecule has 0 amide bonds. The number of hydrogen-bond donors (Lipinski definition) is 1. The minimum absolute atomic E-state index is 0.0924. The van der Waals surface area contributed by atoms with Crippen molar-refractivity contribution in [3.05, 3.63) is 17.5 Å². The lowest BCUT2D eigenvalue weighted by Gasteiger charge is -2.31. The molecule has 2 rings (SSSR count). The quantitative estimate of drug-likeness (QED) is 0.848. The van der Waals surface area contributed by atoms with Gasteiger partial charge in [0.05, 0.1) is 25.3 Å². The monoisotopic (exact) mass is 281 g/mol. The summed E-state index contributed by atoms with van der Waals surface area (Å²) in [6.45, 7) is 5.32. The maximum atomic E-state index is 10.4. The molecule has 0 radical (unpaired) electrons. The molecular formula is C14H23N3O3. The van der Waals surface area contributed by atoms with Crippen molar-refractivity contribution in [1.82, 2.24) is 14.7 Å². The first-order valence-electron chi connectivity index (χ1n) is 7.09. The lowest BCUT2D eigenvalue weighted by molar-refractivity contribution is -0.138. The van der Waals surface area contributed by atoms with Crippen LogP contribution >= 0.6 is 0 Å². The number of carbonyl (C=O) groups is 1. The van der Waals surface area contributed by atoms with Gasteiger partial charge in [0, 0.05) is 37.9 Å². The van der Waals surface area contributed by atoms with Crippen LogP contribution in [0.5, 0.6) is 0 Å². The molecule has 0 bridgehead atoms. The molecule has 1 aromatic rings. The number of nitrogens with zero attached hydrogens (tertiary/aromatic N) is 3. The van der Waals surface area contributed by atoms with E-state index in [0.29, 0.717) is 6.61 Å². The third-order valence-electron chi connectivity index (χ3n) is 3.93. The average molecular weight is 281 g/mol. The molecule has 0 atom stereocenters. The number of carboxylic acids is 1. The Bertz CT molecular complexity index is 451. The molecule has 1 aromatic heterocycles. The number of piperidine rings is 1. The van der Waals surface area contributed by atoms with Crippen molar-refractivity contribution in [3.8, 4) is 0 Å². The molecule has 6 nitrogen and oxygen atoms in total. The van der Waals surface area contributed by atoms with Gasteiger partial charge in [0.25, 0.3) is 0 Å². The maximum Gasteiger partial charge on any atom is 0.305 e. The van der Waals surface area contributed by atoms with E-state index in [0.717, 1.165) is 32.5 Å². The van der Waals surface area contributed by atoms with Crippen LogP contribution in [0.3, 0.4) is 0 Å². The molecule has 112 valence electrons. The van der Waals surface area contributed by atoms with Gasteiger partial charge in [-0.25, -0.2) is 0 Å². The Kier molecular flexibility index (Phi) is 5.14. The van der Waals surface area contributed by atoms with E-state index in [1.54, 1.807) is 0 Å². The van der Waals surface area contributed by atoms with E-state index in [4.69, 9.17) is 9.84 Å². The van der Waals surface area contributed by atoms with Gasteiger partial charge in [-0.3, -0.25) is 14.4 Å². The molecule has 1 saturated heterocycles. The molecule has 0 unspecified atom stereocenters. The predicted molar refractivity (Wildman–Crippen MR) is 74.4 cm³/mol. The first kappa shape index (κ1) is 15.0. The third kappa shape index (κ3) is 4.05. The molecule has 1 aliphatic heterocycles. The van der Waals surface area contributed by atoms with Gasteiger partial charge in [-0.1, -0.05) is 0 Å². The van der Waals surface area contributed by atoms with Gasteiger partial charge in [-0.15, -0.1) is 0 Å². The van der Waals surface area contributed by atoms with Crippen molar-refractivity contribution in [2.75, 3.05) is 19.7 Å². The van der Waals surface area contributed by atoms with Gasteiger partial charge < -0.3 is 9.84 Å². The van der Waals surface area contributed by atoms with Gasteiger partial charge in [0.15, 0.2) is 0 Å². The van der Waals surface area contributed by atoms with E-state index in [1.807, 2.05) is 17.9 Å². The Hall–Kier alpha value is -1.40. The summed E-state index contributed by atoms with van der Waals surface area (Å²) in [7, 11) is 1.96. The number of ether oxygens (including phenoxy) is 1. The van der Waals surface area contributed by atoms with Crippen LogP contribution in [0.2, 0.25) is 0 Å². The molecule has 0 aromatic carbocycles. The lowest BCUT2D eigenvalue weighted by atomic mass is 10.1. The average Bonchev–Trinajstić information content (AvgIpc) is 2.72. The summed E-state index contributed by atoms with van der Waals surface area (Å²) in [4.78, 5) is 12.8. The number of rotatable bonds is 6. The highest BCUT2D eigenvalue weighted by Gasteiger charge is 2.20. The summed E-state index contributed by atoms with van der Waals surface area (Å²) in [5.41, 5.74) is 2.49. The minimum atomic E-state index is -0.797. The van der Waals surface area contributed by atoms with Crippen LogP contribution in [0, 0.1) is 6.92 Å². The summed E-state index contributed by atoms with van der Waals surface area (Å²) >= 11 is 0. The summed E-state index contributed by atoms with van der Waals surface area (Å²) in [6, 6.07) is 0. The number of likely N-dealkylation sites (tertiary alicyclic amines) is 1. The van der Waals surface area contributed by atoms with Crippen molar-refractivity contribution in [2.24, 2.45) is 7.05 Å². The van der Waals surface area contributed by atoms with E-state index in [-0.39, 0.29) is 12.5 Å². The normalized spacial score (nSPS) is 17.5. The standard InChI is InChI=1S/C14H23N3O3/c1-11-12(9-15-16(11)2)10-17-6-3-13(4-7-17)20-8-5-14(18)19/h9,13H,3-8,10H2,1-2H3,(H,18,19). The Morgan fingerprint density at radius 1 is 1.50 bits per heavy atom. The molecule has 20 heavy (non-hydrogen) atoms. The lowest BCUT2D eigenvalue weighted by Crippen LogP contribution is -2.36. The fraction of sp³-hybridized carbons (Fsp3) is 0.714. The predicted octanol–water partition coefficient (Wildman–Crippen LogP) is 1.18. The van der Waals surface area contributed by atoms with Crippen LogP contribution in [0.15, 0.2) is 6.20 Å². The Balaban J connectivity index is 1.71. The third-order valence-corrected chi connectivity index (χ3v) is 3.93. The zero-order valence-electron chi connectivity index (χ0n) is 12.2. The zero-order chi connectivity index (χ0) is 14.5. The smallest absolute Gasteiger partial charge is 0.305 e. The largest absolute Gasteiger partial charge is 0.481 e. The van der Waals surface area contributed by atoms with Crippen LogP contribution in [0.25, 0.3) is 0 Å². The summed E-state index contributed by atoms with van der Waals surface area (Å²) in [5.74, 6) is -0.797. The molecule has 1 N–H and O–H groups in total. The van der Waals surface area contributed by atoms with Crippen LogP contribution < -0.4 is 0 Å². The molecule has 0 aliphatic carbocycles. The first-order valence-corrected chi connectivity index (χ1v) is 7.09. The van der Waals surface area contributed by atoms with Gasteiger partial charge >= 0.3 is 5.97 Å². The summed E-state index contributed by atoms with van der Waals surface area (Å²) in [6.07, 6.45) is 4.18. The van der Waals surface area contributed by atoms with Crippen molar-refractivity contribution < 1.29 is 14.6 Å². The fourth-order valence-corrected chi connectivity index (χ4v) is 2.49. The summed E-state index contributed by atoms with van der Waals surface area (Å²) < 4.78 is 7.50. The molecule has 0 spiro atoms. The van der Waals surface area contributed by atoms with Crippen LogP contribution in [-0.4, -0.2) is 51.6 Å². The second kappa shape index (κ2) is 6.85. The van der Waals surface area contributed by atoms with Crippen molar-refractivity contribution in [3.63, 3.8) is 0 Å². The molecule has 6 heteroatoms. The minimum Gasteiger partial charge on any atom is -0.481 e. The van der Waals surface area contributed by atoms with Crippen molar-refractivity contribution in [1.29, 1.82) is 0 Å². The second-order valence-corrected chi connectivity index (χ2v) is 5.37. The highest BCUT2D eigenvalue weighted by atomic mass is 16.5. The van der Waals surface area contributed by atoms with Crippen molar-refractivity contribution >= 4 is 5.97 Å². The highest BCUT2D eigenvalue weighted by molar-refractivity contribution is 5.66. The van der Waals surface area contributed by atoms with E-state index < -0.39 is 5.97 Å². The molecule has 1 fully saturated rings. The zero-order valence-corrected chi connectivity index (χ0v) is 12.2. The van der Waals surface area contributed by atoms with Gasteiger partial charge in [0.2, 0.25) is 0 Å². The number of aryl methyl sites for hydroxylation is 1. The second-order valence-electron chi connectivity index (χ2n) is 5.37. The maximum absolute atomic E-state index is 10.4. The number of aliphatic carboxylic acids is 1. The fourth-order valence-electron chi connectivity index (χ4n) is 2.49. The molecular weight excluding hydrogens is 258 g/mol. The Labute approximate surface area is 119 Å². The highest BCUT2D eigenvalue weighted by Crippen LogP contribution is 2.17. The number of carboxylic acid groups (broad SMARTS) is 1. The van der Waals surface area contributed by atoms with E-state index in [2.05, 4.69) is 16.9 Å². The molecule has 1 aliphatic rings. The molecule has 2 heterocycles. The van der Waals surface area contributed by atoms with Crippen LogP contribution in [0.1, 0.15) is 30.5 Å². The Morgan fingerprint density at radius 3 is 2.75 bits per heavy atom. The van der Waals surface area contributed by atoms with Crippen molar-refractivity contribution in [2.45, 2.75) is 38.8 Å². The van der Waals surface area contributed by atoms with Gasteiger partial charge in [-0.05, 0) is 19.8 Å². The van der Waals surface area contributed by atoms with Crippen LogP contribution in [-0.2, 0) is 23.1 Å². The van der Waals surface area contributed by atoms with E-state index in [9.17, 15) is 4.79 Å². The van der Waals surface area contributed by atoms with Gasteiger partial charge in [0.1, 0.15) is 0 Å². The van der Waals surface area contributed by atoms with Gasteiger partial charge in [-0.2, -0.15) is 5.10 Å². The SMILES string of the molecule is Cc1c(CN2CCC(OCCC(=O)O)CC2)cnn1C. The van der Waals surface area contributed by atoms with E-state index in [1.165, 1.54) is 11.3 Å². The van der Waals surface area contributed by atoms with E-state index >= 15 is 0 Å². The van der Waals surface area contributed by atoms with Crippen LogP contribution in [0.4, 0.5) is 0 Å². The molecule has 0 saturated carbocycles.